The van der Waals surface area contributed by atoms with Crippen LogP contribution in [0.3, 0.4) is 0 Å². The molecule has 1 aliphatic carbocycles. The fraction of sp³-hybridized carbons (Fsp3) is 0.545. The topological polar surface area (TPSA) is 83.5 Å². The molecule has 0 radical (unpaired) electrons. The maximum absolute atomic E-state index is 13.6. The first-order valence-corrected chi connectivity index (χ1v) is 15.8. The molecule has 3 heterocycles. The molecule has 2 saturated heterocycles. The van der Waals surface area contributed by atoms with Gasteiger partial charge in [-0.25, -0.2) is 4.39 Å². The number of carbonyl (C=O) groups excluding carboxylic acids is 2. The van der Waals surface area contributed by atoms with Gasteiger partial charge in [-0.2, -0.15) is 5.10 Å². The van der Waals surface area contributed by atoms with Crippen LogP contribution in [0.1, 0.15) is 55.2 Å². The van der Waals surface area contributed by atoms with Gasteiger partial charge in [0.05, 0.1) is 5.92 Å². The molecule has 4 aliphatic rings. The molecule has 9 nitrogen and oxygen atoms in total. The molecule has 6 rings (SSSR count). The molecular formula is C33H44FN7O2. The van der Waals surface area contributed by atoms with Crippen LogP contribution in [0.2, 0.25) is 0 Å². The summed E-state index contributed by atoms with van der Waals surface area (Å²) >= 11 is 0. The third kappa shape index (κ3) is 6.34. The van der Waals surface area contributed by atoms with Crippen molar-refractivity contribution in [3.05, 3.63) is 65.0 Å². The Labute approximate surface area is 254 Å². The first kappa shape index (κ1) is 29.4. The number of piperazine rings is 1. The van der Waals surface area contributed by atoms with Crippen molar-refractivity contribution < 1.29 is 14.0 Å². The number of amides is 2. The molecular weight excluding hydrogens is 545 g/mol. The summed E-state index contributed by atoms with van der Waals surface area (Å²) in [6.07, 6.45) is 4.43. The quantitative estimate of drug-likeness (QED) is 0.466. The summed E-state index contributed by atoms with van der Waals surface area (Å²) in [5, 5.41) is 7.74. The maximum Gasteiger partial charge on any atom is 0.231 e. The van der Waals surface area contributed by atoms with Gasteiger partial charge in [0.15, 0.2) is 6.29 Å². The van der Waals surface area contributed by atoms with Crippen LogP contribution in [0.25, 0.3) is 0 Å². The average molecular weight is 590 g/mol. The Morgan fingerprint density at radius 2 is 1.81 bits per heavy atom. The van der Waals surface area contributed by atoms with Crippen molar-refractivity contribution in [2.45, 2.75) is 71.2 Å². The van der Waals surface area contributed by atoms with Gasteiger partial charge in [0.25, 0.3) is 0 Å². The monoisotopic (exact) mass is 589 g/mol. The van der Waals surface area contributed by atoms with E-state index in [2.05, 4.69) is 62.6 Å². The Kier molecular flexibility index (Phi) is 8.83. The Bertz CT molecular complexity index is 1340. The number of nitrogens with zero attached hydrogens (tertiary/aromatic N) is 5. The summed E-state index contributed by atoms with van der Waals surface area (Å²) < 4.78 is 13.5. The maximum atomic E-state index is 13.6. The summed E-state index contributed by atoms with van der Waals surface area (Å²) in [5.41, 5.74) is 8.08. The van der Waals surface area contributed by atoms with Crippen LogP contribution in [0.4, 0.5) is 10.1 Å². The van der Waals surface area contributed by atoms with E-state index >= 15 is 0 Å². The second kappa shape index (κ2) is 12.9. The van der Waals surface area contributed by atoms with Crippen molar-refractivity contribution in [3.63, 3.8) is 0 Å². The highest BCUT2D eigenvalue weighted by Crippen LogP contribution is 2.38. The van der Waals surface area contributed by atoms with E-state index in [0.717, 1.165) is 69.8 Å². The molecule has 0 aromatic heterocycles. The van der Waals surface area contributed by atoms with Crippen molar-refractivity contribution in [1.29, 1.82) is 0 Å². The highest BCUT2D eigenvalue weighted by molar-refractivity contribution is 5.91. The van der Waals surface area contributed by atoms with Gasteiger partial charge in [0.2, 0.25) is 11.8 Å². The predicted octanol–water partition coefficient (Wildman–Crippen LogP) is 3.56. The number of halogens is 1. The van der Waals surface area contributed by atoms with E-state index in [9.17, 15) is 14.0 Å². The van der Waals surface area contributed by atoms with Crippen molar-refractivity contribution in [2.24, 2.45) is 11.0 Å². The minimum atomic E-state index is -0.378. The number of aryl methyl sites for hydroxylation is 1. The summed E-state index contributed by atoms with van der Waals surface area (Å²) in [6, 6.07) is 12.9. The zero-order chi connectivity index (χ0) is 29.9. The number of amidine groups is 1. The second-order valence-corrected chi connectivity index (χ2v) is 12.4. The van der Waals surface area contributed by atoms with Crippen LogP contribution in [-0.4, -0.2) is 83.9 Å². The molecule has 3 aliphatic heterocycles. The standard InChI is InChI=1S/C33H44FN7O2/c1-23-6-5-9-28(24(23)2)39-20-18-38(19-21-39)17-16-35-31(42)15-14-30-36-37-33-40(22-25-10-12-26(34)13-11-25)32(43)27-7-3-4-8-29(27)41(30)33/h5-6,9-13,27,29,33,37H,3-4,7-8,14-22H2,1-2H3,(H,35,42). The molecule has 10 heteroatoms. The normalized spacial score (nSPS) is 23.9. The molecule has 43 heavy (non-hydrogen) atoms. The van der Waals surface area contributed by atoms with Crippen molar-refractivity contribution in [1.82, 2.24) is 25.4 Å². The molecule has 3 fully saturated rings. The first-order valence-electron chi connectivity index (χ1n) is 15.8. The smallest absolute Gasteiger partial charge is 0.231 e. The molecule has 2 N–H and O–H groups in total. The first-order chi connectivity index (χ1) is 20.9. The SMILES string of the molecule is Cc1cccc(N2CCN(CCNC(=O)CCC3=NNC4N(Cc5ccc(F)cc5)C(=O)C5CCCCC5N34)CC2)c1C. The highest BCUT2D eigenvalue weighted by Gasteiger charge is 2.50. The van der Waals surface area contributed by atoms with Crippen molar-refractivity contribution in [3.8, 4) is 0 Å². The van der Waals surface area contributed by atoms with Gasteiger partial charge < -0.3 is 15.1 Å². The van der Waals surface area contributed by atoms with Gasteiger partial charge in [-0.15, -0.1) is 0 Å². The lowest BCUT2D eigenvalue weighted by Crippen LogP contribution is -2.67. The Hall–Kier alpha value is -3.66. The number of hydrogen-bond donors (Lipinski definition) is 2. The lowest BCUT2D eigenvalue weighted by molar-refractivity contribution is -0.156. The van der Waals surface area contributed by atoms with Crippen LogP contribution in [0.15, 0.2) is 47.6 Å². The molecule has 3 unspecified atom stereocenters. The van der Waals surface area contributed by atoms with Crippen LogP contribution in [0, 0.1) is 25.6 Å². The molecule has 1 saturated carbocycles. The minimum absolute atomic E-state index is 0.0246. The lowest BCUT2D eigenvalue weighted by Gasteiger charge is -2.50. The number of rotatable bonds is 9. The predicted molar refractivity (Wildman–Crippen MR) is 166 cm³/mol. The number of benzene rings is 2. The molecule has 0 spiro atoms. The molecule has 230 valence electrons. The number of fused-ring (bicyclic) bond motifs is 3. The molecule has 0 bridgehead atoms. The van der Waals surface area contributed by atoms with Crippen LogP contribution < -0.4 is 15.6 Å². The summed E-state index contributed by atoms with van der Waals surface area (Å²) in [7, 11) is 0. The highest BCUT2D eigenvalue weighted by atomic mass is 19.1. The van der Waals surface area contributed by atoms with Gasteiger partial charge in [-0.05, 0) is 61.6 Å². The van der Waals surface area contributed by atoms with Gasteiger partial charge >= 0.3 is 0 Å². The van der Waals surface area contributed by atoms with E-state index in [1.807, 2.05) is 4.90 Å². The van der Waals surface area contributed by atoms with Gasteiger partial charge in [0, 0.05) is 70.4 Å². The van der Waals surface area contributed by atoms with E-state index in [1.165, 1.54) is 28.9 Å². The largest absolute Gasteiger partial charge is 0.369 e. The van der Waals surface area contributed by atoms with E-state index in [0.29, 0.717) is 25.9 Å². The number of hydrazone groups is 1. The van der Waals surface area contributed by atoms with E-state index in [4.69, 9.17) is 0 Å². The molecule has 2 amide bonds. The fourth-order valence-corrected chi connectivity index (χ4v) is 7.15. The second-order valence-electron chi connectivity index (χ2n) is 12.4. The van der Waals surface area contributed by atoms with Gasteiger partial charge in [0.1, 0.15) is 11.7 Å². The fourth-order valence-electron chi connectivity index (χ4n) is 7.15. The number of hydrogen-bond acceptors (Lipinski definition) is 7. The third-order valence-electron chi connectivity index (χ3n) is 9.73. The van der Waals surface area contributed by atoms with E-state index in [1.54, 1.807) is 12.1 Å². The Morgan fingerprint density at radius 1 is 1.05 bits per heavy atom. The van der Waals surface area contributed by atoms with Crippen molar-refractivity contribution >= 4 is 23.3 Å². The number of anilines is 1. The van der Waals surface area contributed by atoms with E-state index < -0.39 is 0 Å². The minimum Gasteiger partial charge on any atom is -0.369 e. The Morgan fingerprint density at radius 3 is 2.60 bits per heavy atom. The molecule has 3 atom stereocenters. The van der Waals surface area contributed by atoms with Crippen molar-refractivity contribution in [2.75, 3.05) is 44.2 Å². The van der Waals surface area contributed by atoms with Crippen LogP contribution in [0.5, 0.6) is 0 Å². The van der Waals surface area contributed by atoms with Crippen LogP contribution >= 0.6 is 0 Å². The molecule has 2 aromatic carbocycles. The molecule has 2 aromatic rings. The number of carbonyl (C=O) groups is 2. The Balaban J connectivity index is 0.986. The lowest BCUT2D eigenvalue weighted by atomic mass is 9.80. The summed E-state index contributed by atoms with van der Waals surface area (Å²) in [4.78, 5) is 35.4. The zero-order valence-corrected chi connectivity index (χ0v) is 25.4. The van der Waals surface area contributed by atoms with Crippen LogP contribution in [-0.2, 0) is 16.1 Å². The van der Waals surface area contributed by atoms with Gasteiger partial charge in [-0.1, -0.05) is 37.1 Å². The third-order valence-corrected chi connectivity index (χ3v) is 9.73. The van der Waals surface area contributed by atoms with Gasteiger partial charge in [-0.3, -0.25) is 24.8 Å². The zero-order valence-electron chi connectivity index (χ0n) is 25.4. The average Bonchev–Trinajstić information content (AvgIpc) is 3.45. The number of nitrogens with one attached hydrogen (secondary N) is 2. The summed E-state index contributed by atoms with van der Waals surface area (Å²) in [6.45, 7) is 10.2. The summed E-state index contributed by atoms with van der Waals surface area (Å²) in [5.74, 6) is 0.626. The van der Waals surface area contributed by atoms with E-state index in [-0.39, 0.29) is 35.9 Å².